The Labute approximate surface area is 183 Å². The molecule has 0 radical (unpaired) electrons. The minimum absolute atomic E-state index is 0.0805. The highest BCUT2D eigenvalue weighted by molar-refractivity contribution is 7.89. The van der Waals surface area contributed by atoms with Crippen LogP contribution in [0.3, 0.4) is 0 Å². The second-order valence-electron chi connectivity index (χ2n) is 8.57. The van der Waals surface area contributed by atoms with Crippen molar-refractivity contribution >= 4 is 33.6 Å². The first kappa shape index (κ1) is 23.2. The Hall–Kier alpha value is -2.46. The van der Waals surface area contributed by atoms with Gasteiger partial charge in [0.25, 0.3) is 5.91 Å². The lowest BCUT2D eigenvalue weighted by molar-refractivity contribution is -0.135. The Morgan fingerprint density at radius 3 is 2.48 bits per heavy atom. The van der Waals surface area contributed by atoms with Crippen molar-refractivity contribution in [3.05, 3.63) is 23.8 Å². The third kappa shape index (κ3) is 4.45. The average molecular weight is 451 g/mol. The Kier molecular flexibility index (Phi) is 6.43. The molecule has 2 fully saturated rings. The molecule has 1 aromatic carbocycles. The molecule has 4 amide bonds. The first-order valence-corrected chi connectivity index (χ1v) is 11.9. The largest absolute Gasteiger partial charge is 0.325 e. The van der Waals surface area contributed by atoms with Crippen LogP contribution in [0.25, 0.3) is 0 Å². The number of carbonyl (C=O) groups excluding carboxylic acids is 3. The number of rotatable bonds is 6. The second kappa shape index (κ2) is 8.58. The first-order chi connectivity index (χ1) is 14.5. The molecule has 1 aliphatic heterocycles. The van der Waals surface area contributed by atoms with E-state index in [1.807, 2.05) is 0 Å². The fraction of sp³-hybridized carbons (Fsp3) is 0.571. The molecule has 31 heavy (non-hydrogen) atoms. The Balaban J connectivity index is 1.70. The van der Waals surface area contributed by atoms with E-state index in [2.05, 4.69) is 17.6 Å². The van der Waals surface area contributed by atoms with Crippen LogP contribution in [0.1, 0.15) is 44.6 Å². The van der Waals surface area contributed by atoms with Crippen LogP contribution in [0.15, 0.2) is 23.1 Å². The van der Waals surface area contributed by atoms with Gasteiger partial charge in [0.15, 0.2) is 0 Å². The van der Waals surface area contributed by atoms with Gasteiger partial charge in [-0.1, -0.05) is 19.4 Å². The van der Waals surface area contributed by atoms with Gasteiger partial charge in [-0.25, -0.2) is 17.5 Å². The molecule has 0 aromatic heterocycles. The number of nitrogens with zero attached hydrogens (tertiary/aromatic N) is 2. The van der Waals surface area contributed by atoms with Gasteiger partial charge in [-0.15, -0.1) is 0 Å². The number of amides is 4. The molecule has 3 rings (SSSR count). The third-order valence-corrected chi connectivity index (χ3v) is 8.27. The molecular weight excluding hydrogens is 420 g/mol. The summed E-state index contributed by atoms with van der Waals surface area (Å²) in [6.07, 6.45) is 3.95. The third-order valence-electron chi connectivity index (χ3n) is 6.31. The van der Waals surface area contributed by atoms with E-state index in [4.69, 9.17) is 0 Å². The molecule has 1 spiro atoms. The minimum Gasteiger partial charge on any atom is -0.324 e. The van der Waals surface area contributed by atoms with Crippen molar-refractivity contribution in [2.75, 3.05) is 26.0 Å². The highest BCUT2D eigenvalue weighted by Crippen LogP contribution is 2.37. The van der Waals surface area contributed by atoms with Crippen LogP contribution >= 0.6 is 0 Å². The van der Waals surface area contributed by atoms with E-state index in [0.29, 0.717) is 24.3 Å². The molecule has 1 aromatic rings. The quantitative estimate of drug-likeness (QED) is 0.644. The number of hydrogen-bond donors (Lipinski definition) is 2. The van der Waals surface area contributed by atoms with Crippen molar-refractivity contribution in [2.24, 2.45) is 5.92 Å². The number of hydrogen-bond acceptors (Lipinski definition) is 5. The van der Waals surface area contributed by atoms with Gasteiger partial charge in [-0.3, -0.25) is 14.5 Å². The molecule has 1 saturated heterocycles. The highest BCUT2D eigenvalue weighted by atomic mass is 32.2. The molecule has 1 saturated carbocycles. The Morgan fingerprint density at radius 2 is 1.90 bits per heavy atom. The van der Waals surface area contributed by atoms with E-state index in [9.17, 15) is 22.8 Å². The van der Waals surface area contributed by atoms with Crippen molar-refractivity contribution in [3.8, 4) is 0 Å². The van der Waals surface area contributed by atoms with Crippen molar-refractivity contribution < 1.29 is 22.8 Å². The molecule has 0 bridgehead atoms. The number of imide groups is 1. The van der Waals surface area contributed by atoms with E-state index in [0.717, 1.165) is 28.5 Å². The van der Waals surface area contributed by atoms with Gasteiger partial charge < -0.3 is 10.6 Å². The smallest absolute Gasteiger partial charge is 0.324 e. The van der Waals surface area contributed by atoms with Gasteiger partial charge in [0.2, 0.25) is 15.9 Å². The predicted molar refractivity (Wildman–Crippen MR) is 116 cm³/mol. The van der Waals surface area contributed by atoms with Crippen LogP contribution in [-0.2, 0) is 19.6 Å². The van der Waals surface area contributed by atoms with Crippen molar-refractivity contribution in [2.45, 2.75) is 56.4 Å². The summed E-state index contributed by atoms with van der Waals surface area (Å²) in [5, 5.41) is 5.40. The Bertz CT molecular complexity index is 997. The van der Waals surface area contributed by atoms with Crippen LogP contribution in [0.4, 0.5) is 10.5 Å². The lowest BCUT2D eigenvalue weighted by atomic mass is 9.75. The van der Waals surface area contributed by atoms with Crippen LogP contribution in [0.5, 0.6) is 0 Å². The van der Waals surface area contributed by atoms with E-state index >= 15 is 0 Å². The van der Waals surface area contributed by atoms with Crippen molar-refractivity contribution in [1.82, 2.24) is 14.5 Å². The van der Waals surface area contributed by atoms with Crippen LogP contribution in [0, 0.1) is 12.8 Å². The van der Waals surface area contributed by atoms with E-state index in [-0.39, 0.29) is 16.5 Å². The summed E-state index contributed by atoms with van der Waals surface area (Å²) in [7, 11) is -0.814. The molecule has 2 N–H and O–H groups in total. The number of sulfonamides is 1. The lowest BCUT2D eigenvalue weighted by Crippen LogP contribution is -2.49. The lowest BCUT2D eigenvalue weighted by Gasteiger charge is -2.34. The SMILES string of the molecule is CCC1CCC2(CC1)NC(=O)N(CC(=O)Nc1ccc(C)c(S(=O)(=O)N(C)C)c1)C2=O. The molecule has 10 heteroatoms. The molecule has 9 nitrogen and oxygen atoms in total. The summed E-state index contributed by atoms with van der Waals surface area (Å²) < 4.78 is 26.1. The molecule has 170 valence electrons. The summed E-state index contributed by atoms with van der Waals surface area (Å²) in [5.41, 5.74) is -0.0773. The maximum atomic E-state index is 13.0. The van der Waals surface area contributed by atoms with E-state index in [1.54, 1.807) is 19.1 Å². The highest BCUT2D eigenvalue weighted by Gasteiger charge is 2.52. The normalized spacial score (nSPS) is 24.0. The van der Waals surface area contributed by atoms with Crippen LogP contribution in [0.2, 0.25) is 0 Å². The number of carbonyl (C=O) groups is 3. The maximum absolute atomic E-state index is 13.0. The zero-order chi connectivity index (χ0) is 23.0. The van der Waals surface area contributed by atoms with Gasteiger partial charge in [-0.05, 0) is 56.2 Å². The number of urea groups is 1. The van der Waals surface area contributed by atoms with Crippen molar-refractivity contribution in [3.63, 3.8) is 0 Å². The van der Waals surface area contributed by atoms with Gasteiger partial charge in [0.05, 0.1) is 4.90 Å². The van der Waals surface area contributed by atoms with Crippen molar-refractivity contribution in [1.29, 1.82) is 0 Å². The van der Waals surface area contributed by atoms with E-state index < -0.39 is 34.0 Å². The van der Waals surface area contributed by atoms with Crippen LogP contribution < -0.4 is 10.6 Å². The summed E-state index contributed by atoms with van der Waals surface area (Å²) in [5.74, 6) is -0.372. The number of nitrogens with one attached hydrogen (secondary N) is 2. The predicted octanol–water partition coefficient (Wildman–Crippen LogP) is 2.07. The number of benzene rings is 1. The summed E-state index contributed by atoms with van der Waals surface area (Å²) in [4.78, 5) is 39.0. The Morgan fingerprint density at radius 1 is 1.26 bits per heavy atom. The first-order valence-electron chi connectivity index (χ1n) is 10.5. The molecule has 2 aliphatic rings. The monoisotopic (exact) mass is 450 g/mol. The maximum Gasteiger partial charge on any atom is 0.325 e. The van der Waals surface area contributed by atoms with Gasteiger partial charge in [0, 0.05) is 19.8 Å². The zero-order valence-electron chi connectivity index (χ0n) is 18.4. The molecule has 1 heterocycles. The summed E-state index contributed by atoms with van der Waals surface area (Å²) in [6.45, 7) is 3.36. The zero-order valence-corrected chi connectivity index (χ0v) is 19.2. The van der Waals surface area contributed by atoms with Gasteiger partial charge in [-0.2, -0.15) is 0 Å². The average Bonchev–Trinajstić information content (AvgIpc) is 2.94. The molecule has 0 unspecified atom stereocenters. The summed E-state index contributed by atoms with van der Waals surface area (Å²) in [6, 6.07) is 4.00. The number of aryl methyl sites for hydroxylation is 1. The standard InChI is InChI=1S/C21H30N4O5S/c1-5-15-8-10-21(11-9-15)19(27)25(20(28)23-21)13-18(26)22-16-7-6-14(2)17(12-16)31(29,30)24(3)4/h6-7,12,15H,5,8-11,13H2,1-4H3,(H,22,26)(H,23,28). The van der Waals surface area contributed by atoms with E-state index in [1.165, 1.54) is 20.2 Å². The van der Waals surface area contributed by atoms with Gasteiger partial charge >= 0.3 is 6.03 Å². The topological polar surface area (TPSA) is 116 Å². The minimum atomic E-state index is -3.68. The second-order valence-corrected chi connectivity index (χ2v) is 10.7. The fourth-order valence-electron chi connectivity index (χ4n) is 4.23. The fourth-order valence-corrected chi connectivity index (χ4v) is 5.38. The molecule has 1 aliphatic carbocycles. The van der Waals surface area contributed by atoms with Gasteiger partial charge in [0.1, 0.15) is 12.1 Å². The van der Waals surface area contributed by atoms with Crippen LogP contribution in [-0.4, -0.2) is 61.6 Å². The molecular formula is C21H30N4O5S. The molecule has 0 atom stereocenters. The number of anilines is 1. The summed E-state index contributed by atoms with van der Waals surface area (Å²) >= 11 is 0.